The summed E-state index contributed by atoms with van der Waals surface area (Å²) in [5, 5.41) is 0. The lowest BCUT2D eigenvalue weighted by Gasteiger charge is -2.20. The minimum Gasteiger partial charge on any atom is -0.443 e. The zero-order valence-electron chi connectivity index (χ0n) is 10.4. The molecule has 0 saturated carbocycles. The van der Waals surface area contributed by atoms with Gasteiger partial charge in [-0.3, -0.25) is 5.43 Å². The number of amides is 1. The third kappa shape index (κ3) is 4.30. The first-order valence-electron chi connectivity index (χ1n) is 5.30. The van der Waals surface area contributed by atoms with E-state index in [0.717, 1.165) is 0 Å². The number of nitrogens with one attached hydrogen (secondary N) is 2. The Morgan fingerprint density at radius 3 is 2.59 bits per heavy atom. The molecule has 1 aromatic carbocycles. The molecular formula is C12H17FN2O2. The second kappa shape index (κ2) is 5.03. The summed E-state index contributed by atoms with van der Waals surface area (Å²) in [5.74, 6) is -0.332. The van der Waals surface area contributed by atoms with Gasteiger partial charge in [-0.2, -0.15) is 0 Å². The maximum Gasteiger partial charge on any atom is 0.426 e. The molecule has 94 valence electrons. The van der Waals surface area contributed by atoms with E-state index < -0.39 is 11.7 Å². The van der Waals surface area contributed by atoms with Crippen molar-refractivity contribution in [2.45, 2.75) is 33.3 Å². The molecular weight excluding hydrogens is 223 g/mol. The van der Waals surface area contributed by atoms with E-state index in [4.69, 9.17) is 4.74 Å². The van der Waals surface area contributed by atoms with Crippen LogP contribution in [0.15, 0.2) is 18.2 Å². The highest BCUT2D eigenvalue weighted by Crippen LogP contribution is 2.16. The van der Waals surface area contributed by atoms with Crippen molar-refractivity contribution in [2.24, 2.45) is 0 Å². The van der Waals surface area contributed by atoms with E-state index in [9.17, 15) is 9.18 Å². The SMILES string of the molecule is Cc1c(F)cccc1NNC(=O)OC(C)(C)C. The first-order valence-corrected chi connectivity index (χ1v) is 5.30. The lowest BCUT2D eigenvalue weighted by molar-refractivity contribution is 0.0541. The van der Waals surface area contributed by atoms with Crippen molar-refractivity contribution < 1.29 is 13.9 Å². The molecule has 1 amide bonds. The van der Waals surface area contributed by atoms with Crippen molar-refractivity contribution >= 4 is 11.8 Å². The van der Waals surface area contributed by atoms with E-state index >= 15 is 0 Å². The van der Waals surface area contributed by atoms with E-state index in [1.54, 1.807) is 39.8 Å². The number of benzene rings is 1. The number of carbonyl (C=O) groups is 1. The molecule has 0 saturated heterocycles. The standard InChI is InChI=1S/C12H17FN2O2/c1-8-9(13)6-5-7-10(8)14-15-11(16)17-12(2,3)4/h5-7,14H,1-4H3,(H,15,16). The molecule has 0 unspecified atom stereocenters. The first kappa shape index (κ1) is 13.3. The van der Waals surface area contributed by atoms with Gasteiger partial charge in [0.2, 0.25) is 0 Å². The predicted molar refractivity (Wildman–Crippen MR) is 64.1 cm³/mol. The highest BCUT2D eigenvalue weighted by atomic mass is 19.1. The molecule has 17 heavy (non-hydrogen) atoms. The van der Waals surface area contributed by atoms with Crippen LogP contribution >= 0.6 is 0 Å². The largest absolute Gasteiger partial charge is 0.443 e. The van der Waals surface area contributed by atoms with Crippen molar-refractivity contribution in [1.29, 1.82) is 0 Å². The minimum atomic E-state index is -0.610. The molecule has 0 atom stereocenters. The average Bonchev–Trinajstić information content (AvgIpc) is 2.18. The fraction of sp³-hybridized carbons (Fsp3) is 0.417. The molecule has 0 aliphatic heterocycles. The van der Waals surface area contributed by atoms with E-state index in [0.29, 0.717) is 11.3 Å². The monoisotopic (exact) mass is 240 g/mol. The lowest BCUT2D eigenvalue weighted by atomic mass is 10.2. The van der Waals surface area contributed by atoms with Gasteiger partial charge in [0, 0.05) is 5.56 Å². The van der Waals surface area contributed by atoms with Crippen LogP contribution in [0.1, 0.15) is 26.3 Å². The number of carbonyl (C=O) groups excluding carboxylic acids is 1. The Labute approximate surface area is 100 Å². The van der Waals surface area contributed by atoms with Crippen LogP contribution in [0.3, 0.4) is 0 Å². The summed E-state index contributed by atoms with van der Waals surface area (Å²) in [5.41, 5.74) is 5.32. The van der Waals surface area contributed by atoms with Crippen molar-refractivity contribution in [2.75, 3.05) is 5.43 Å². The van der Waals surface area contributed by atoms with E-state index in [1.165, 1.54) is 6.07 Å². The number of anilines is 1. The fourth-order valence-corrected chi connectivity index (χ4v) is 1.16. The van der Waals surface area contributed by atoms with Crippen LogP contribution in [-0.2, 0) is 4.74 Å². The Morgan fingerprint density at radius 1 is 1.35 bits per heavy atom. The number of halogens is 1. The number of ether oxygens (including phenoxy) is 1. The van der Waals surface area contributed by atoms with Crippen LogP contribution in [0, 0.1) is 12.7 Å². The van der Waals surface area contributed by atoms with Gasteiger partial charge in [0.15, 0.2) is 0 Å². The Morgan fingerprint density at radius 2 is 2.00 bits per heavy atom. The summed E-state index contributed by atoms with van der Waals surface area (Å²) in [7, 11) is 0. The summed E-state index contributed by atoms with van der Waals surface area (Å²) in [6.45, 7) is 6.91. The molecule has 0 fully saturated rings. The van der Waals surface area contributed by atoms with Gasteiger partial charge in [0.05, 0.1) is 5.69 Å². The highest BCUT2D eigenvalue weighted by Gasteiger charge is 2.15. The Balaban J connectivity index is 2.56. The van der Waals surface area contributed by atoms with Crippen LogP contribution in [0.25, 0.3) is 0 Å². The summed E-state index contributed by atoms with van der Waals surface area (Å²) in [6.07, 6.45) is -0.610. The number of hydrazine groups is 1. The van der Waals surface area contributed by atoms with Gasteiger partial charge in [0.1, 0.15) is 11.4 Å². The molecule has 0 bridgehead atoms. The van der Waals surface area contributed by atoms with Crippen LogP contribution in [0.2, 0.25) is 0 Å². The van der Waals surface area contributed by atoms with Crippen LogP contribution in [0.5, 0.6) is 0 Å². The number of hydrogen-bond donors (Lipinski definition) is 2. The van der Waals surface area contributed by atoms with Crippen molar-refractivity contribution in [1.82, 2.24) is 5.43 Å². The maximum absolute atomic E-state index is 13.2. The van der Waals surface area contributed by atoms with Gasteiger partial charge in [-0.05, 0) is 39.8 Å². The first-order chi connectivity index (χ1) is 7.79. The summed E-state index contributed by atoms with van der Waals surface area (Å²) in [4.78, 5) is 11.3. The lowest BCUT2D eigenvalue weighted by Crippen LogP contribution is -2.36. The molecule has 0 heterocycles. The second-order valence-electron chi connectivity index (χ2n) is 4.66. The van der Waals surface area contributed by atoms with Gasteiger partial charge in [-0.1, -0.05) is 6.07 Å². The molecule has 2 N–H and O–H groups in total. The topological polar surface area (TPSA) is 50.4 Å². The molecule has 0 aliphatic rings. The fourth-order valence-electron chi connectivity index (χ4n) is 1.16. The molecule has 0 aliphatic carbocycles. The Hall–Kier alpha value is -1.78. The zero-order valence-corrected chi connectivity index (χ0v) is 10.4. The molecule has 1 aromatic rings. The molecule has 0 spiro atoms. The normalized spacial score (nSPS) is 10.9. The second-order valence-corrected chi connectivity index (χ2v) is 4.66. The third-order valence-electron chi connectivity index (χ3n) is 1.97. The number of hydrogen-bond acceptors (Lipinski definition) is 3. The van der Waals surface area contributed by atoms with Gasteiger partial charge < -0.3 is 4.74 Å². The van der Waals surface area contributed by atoms with Crippen molar-refractivity contribution in [3.05, 3.63) is 29.6 Å². The van der Waals surface area contributed by atoms with Crippen LogP contribution < -0.4 is 10.9 Å². The van der Waals surface area contributed by atoms with Gasteiger partial charge in [-0.15, -0.1) is 0 Å². The van der Waals surface area contributed by atoms with Gasteiger partial charge >= 0.3 is 6.09 Å². The number of rotatable bonds is 2. The summed E-state index contributed by atoms with van der Waals surface area (Å²) < 4.78 is 18.2. The van der Waals surface area contributed by atoms with E-state index in [2.05, 4.69) is 10.9 Å². The predicted octanol–water partition coefficient (Wildman–Crippen LogP) is 2.99. The highest BCUT2D eigenvalue weighted by molar-refractivity contribution is 5.70. The van der Waals surface area contributed by atoms with Gasteiger partial charge in [-0.25, -0.2) is 14.6 Å². The van der Waals surface area contributed by atoms with Crippen LogP contribution in [-0.4, -0.2) is 11.7 Å². The van der Waals surface area contributed by atoms with E-state index in [1.807, 2.05) is 0 Å². The third-order valence-corrected chi connectivity index (χ3v) is 1.97. The Kier molecular flexibility index (Phi) is 3.93. The maximum atomic E-state index is 13.2. The molecule has 0 radical (unpaired) electrons. The van der Waals surface area contributed by atoms with Crippen molar-refractivity contribution in [3.8, 4) is 0 Å². The smallest absolute Gasteiger partial charge is 0.426 e. The molecule has 1 rings (SSSR count). The summed E-state index contributed by atoms with van der Waals surface area (Å²) >= 11 is 0. The zero-order chi connectivity index (χ0) is 13.1. The molecule has 5 heteroatoms. The summed E-state index contributed by atoms with van der Waals surface area (Å²) in [6, 6.07) is 4.57. The Bertz CT molecular complexity index is 413. The minimum absolute atomic E-state index is 0.332. The quantitative estimate of drug-likeness (QED) is 0.781. The molecule has 4 nitrogen and oxygen atoms in total. The van der Waals surface area contributed by atoms with E-state index in [-0.39, 0.29) is 5.82 Å². The molecule has 0 aromatic heterocycles. The van der Waals surface area contributed by atoms with Gasteiger partial charge in [0.25, 0.3) is 0 Å². The average molecular weight is 240 g/mol. The van der Waals surface area contributed by atoms with Crippen LogP contribution in [0.4, 0.5) is 14.9 Å². The van der Waals surface area contributed by atoms with Crippen molar-refractivity contribution in [3.63, 3.8) is 0 Å².